The maximum Gasteiger partial charge on any atom is 0.262 e. The third-order valence-corrected chi connectivity index (χ3v) is 4.09. The van der Waals surface area contributed by atoms with Gasteiger partial charge in [-0.05, 0) is 18.6 Å². The maximum absolute atomic E-state index is 12.0. The van der Waals surface area contributed by atoms with E-state index in [2.05, 4.69) is 5.32 Å². The van der Waals surface area contributed by atoms with E-state index in [0.29, 0.717) is 17.1 Å². The highest BCUT2D eigenvalue weighted by Crippen LogP contribution is 2.29. The van der Waals surface area contributed by atoms with Crippen molar-refractivity contribution in [3.8, 4) is 5.75 Å². The van der Waals surface area contributed by atoms with Crippen molar-refractivity contribution in [1.29, 1.82) is 0 Å². The van der Waals surface area contributed by atoms with E-state index < -0.39 is 5.91 Å². The predicted octanol–water partition coefficient (Wildman–Crippen LogP) is 3.27. The summed E-state index contributed by atoms with van der Waals surface area (Å²) in [6.45, 7) is 1.61. The molecule has 0 unspecified atom stereocenters. The summed E-state index contributed by atoms with van der Waals surface area (Å²) in [6.07, 6.45) is 2.28. The van der Waals surface area contributed by atoms with Gasteiger partial charge in [0.1, 0.15) is 0 Å². The zero-order chi connectivity index (χ0) is 17.0. The van der Waals surface area contributed by atoms with Gasteiger partial charge in [0.25, 0.3) is 5.91 Å². The number of benzene rings is 1. The molecule has 1 aromatic heterocycles. The summed E-state index contributed by atoms with van der Waals surface area (Å²) in [5, 5.41) is 3.20. The fraction of sp³-hybridized carbons (Fsp3) is 0.250. The van der Waals surface area contributed by atoms with Gasteiger partial charge in [0.15, 0.2) is 12.4 Å². The van der Waals surface area contributed by atoms with Gasteiger partial charge in [-0.2, -0.15) is 0 Å². The SMILES string of the molecule is CCc1c(OCC(=O)Nc2cccc(Cl)c2Cl)c(=O)ccn1C. The molecule has 0 aliphatic heterocycles. The van der Waals surface area contributed by atoms with Crippen LogP contribution < -0.4 is 15.5 Å². The van der Waals surface area contributed by atoms with Gasteiger partial charge in [0.2, 0.25) is 5.43 Å². The van der Waals surface area contributed by atoms with E-state index >= 15 is 0 Å². The van der Waals surface area contributed by atoms with E-state index in [4.69, 9.17) is 27.9 Å². The second kappa shape index (κ2) is 7.53. The van der Waals surface area contributed by atoms with Crippen molar-refractivity contribution in [1.82, 2.24) is 4.57 Å². The Morgan fingerprint density at radius 1 is 1.30 bits per heavy atom. The van der Waals surface area contributed by atoms with Gasteiger partial charge in [-0.1, -0.05) is 36.2 Å². The Hall–Kier alpha value is -1.98. The number of carbonyl (C=O) groups excluding carboxylic acids is 1. The first-order valence-corrected chi connectivity index (χ1v) is 7.74. The Morgan fingerprint density at radius 2 is 2.04 bits per heavy atom. The second-order valence-corrected chi connectivity index (χ2v) is 5.64. The van der Waals surface area contributed by atoms with Gasteiger partial charge in [-0.15, -0.1) is 0 Å². The van der Waals surface area contributed by atoms with E-state index in [0.717, 1.165) is 5.69 Å². The van der Waals surface area contributed by atoms with Crippen molar-refractivity contribution >= 4 is 34.8 Å². The maximum atomic E-state index is 12.0. The molecule has 2 rings (SSSR count). The molecule has 1 heterocycles. The van der Waals surface area contributed by atoms with Crippen LogP contribution in [0.2, 0.25) is 10.0 Å². The molecular formula is C16H16Cl2N2O3. The number of nitrogens with one attached hydrogen (secondary N) is 1. The zero-order valence-corrected chi connectivity index (χ0v) is 14.2. The molecule has 1 aromatic carbocycles. The van der Waals surface area contributed by atoms with E-state index in [1.165, 1.54) is 6.07 Å². The van der Waals surface area contributed by atoms with Crippen LogP contribution in [0.15, 0.2) is 35.3 Å². The molecule has 23 heavy (non-hydrogen) atoms. The standard InChI is InChI=1S/C16H16Cl2N2O3/c1-3-12-16(13(21)7-8-20(12)2)23-9-14(22)19-11-6-4-5-10(17)15(11)18/h4-8H,3,9H2,1-2H3,(H,19,22). The first-order chi connectivity index (χ1) is 10.9. The van der Waals surface area contributed by atoms with Gasteiger partial charge in [-0.3, -0.25) is 9.59 Å². The van der Waals surface area contributed by atoms with E-state index in [9.17, 15) is 9.59 Å². The molecule has 0 spiro atoms. The lowest BCUT2D eigenvalue weighted by atomic mass is 10.2. The summed E-state index contributed by atoms with van der Waals surface area (Å²) in [7, 11) is 1.82. The van der Waals surface area contributed by atoms with Crippen LogP contribution in [-0.4, -0.2) is 17.1 Å². The molecule has 0 aliphatic rings. The minimum Gasteiger partial charge on any atom is -0.478 e. The first kappa shape index (κ1) is 17.4. The van der Waals surface area contributed by atoms with Crippen molar-refractivity contribution in [2.24, 2.45) is 7.05 Å². The summed E-state index contributed by atoms with van der Waals surface area (Å²) in [5.74, 6) is -0.244. The highest BCUT2D eigenvalue weighted by molar-refractivity contribution is 6.43. The number of anilines is 1. The van der Waals surface area contributed by atoms with Crippen LogP contribution in [-0.2, 0) is 18.3 Å². The number of amides is 1. The highest BCUT2D eigenvalue weighted by Gasteiger charge is 2.13. The molecule has 122 valence electrons. The fourth-order valence-electron chi connectivity index (χ4n) is 2.14. The van der Waals surface area contributed by atoms with Crippen molar-refractivity contribution in [3.05, 3.63) is 56.4 Å². The molecular weight excluding hydrogens is 339 g/mol. The molecule has 7 heteroatoms. The van der Waals surface area contributed by atoms with Crippen molar-refractivity contribution in [3.63, 3.8) is 0 Å². The van der Waals surface area contributed by atoms with Gasteiger partial charge < -0.3 is 14.6 Å². The number of hydrogen-bond acceptors (Lipinski definition) is 3. The third kappa shape index (κ3) is 4.06. The van der Waals surface area contributed by atoms with Crippen LogP contribution in [0.3, 0.4) is 0 Å². The Balaban J connectivity index is 2.10. The quantitative estimate of drug-likeness (QED) is 0.896. The number of halogens is 2. The number of aromatic nitrogens is 1. The fourth-order valence-corrected chi connectivity index (χ4v) is 2.48. The van der Waals surface area contributed by atoms with Crippen LogP contribution in [0.5, 0.6) is 5.75 Å². The summed E-state index contributed by atoms with van der Waals surface area (Å²) < 4.78 is 7.22. The van der Waals surface area contributed by atoms with Gasteiger partial charge in [0.05, 0.1) is 21.4 Å². The number of rotatable bonds is 5. The lowest BCUT2D eigenvalue weighted by Gasteiger charge is -2.13. The minimum absolute atomic E-state index is 0.185. The van der Waals surface area contributed by atoms with Gasteiger partial charge >= 0.3 is 0 Å². The first-order valence-electron chi connectivity index (χ1n) is 6.99. The summed E-state index contributed by atoms with van der Waals surface area (Å²) in [4.78, 5) is 23.9. The Morgan fingerprint density at radius 3 is 2.74 bits per heavy atom. The van der Waals surface area contributed by atoms with E-state index in [1.54, 1.807) is 29.0 Å². The average molecular weight is 355 g/mol. The van der Waals surface area contributed by atoms with Crippen molar-refractivity contribution in [2.45, 2.75) is 13.3 Å². The number of ether oxygens (including phenoxy) is 1. The molecule has 2 aromatic rings. The van der Waals surface area contributed by atoms with E-state index in [-0.39, 0.29) is 22.8 Å². The Kier molecular flexibility index (Phi) is 5.69. The smallest absolute Gasteiger partial charge is 0.262 e. The molecule has 0 fully saturated rings. The Labute approximate surface area is 143 Å². The zero-order valence-electron chi connectivity index (χ0n) is 12.7. The highest BCUT2D eigenvalue weighted by atomic mass is 35.5. The second-order valence-electron chi connectivity index (χ2n) is 4.86. The lowest BCUT2D eigenvalue weighted by Crippen LogP contribution is -2.24. The molecule has 0 aliphatic carbocycles. The topological polar surface area (TPSA) is 60.3 Å². The minimum atomic E-state index is -0.429. The summed E-state index contributed by atoms with van der Waals surface area (Å²) in [5.41, 5.74) is 0.865. The molecule has 1 amide bonds. The molecule has 1 N–H and O–H groups in total. The monoisotopic (exact) mass is 354 g/mol. The largest absolute Gasteiger partial charge is 0.478 e. The molecule has 0 radical (unpaired) electrons. The number of hydrogen-bond donors (Lipinski definition) is 1. The van der Waals surface area contributed by atoms with Crippen LogP contribution >= 0.6 is 23.2 Å². The normalized spacial score (nSPS) is 10.4. The number of aryl methyl sites for hydroxylation is 1. The average Bonchev–Trinajstić information content (AvgIpc) is 2.52. The molecule has 5 nitrogen and oxygen atoms in total. The predicted molar refractivity (Wildman–Crippen MR) is 91.6 cm³/mol. The molecule has 0 saturated heterocycles. The van der Waals surface area contributed by atoms with Crippen LogP contribution in [0.4, 0.5) is 5.69 Å². The molecule has 0 atom stereocenters. The lowest BCUT2D eigenvalue weighted by molar-refractivity contribution is -0.118. The van der Waals surface area contributed by atoms with Crippen LogP contribution in [0.25, 0.3) is 0 Å². The molecule has 0 saturated carbocycles. The van der Waals surface area contributed by atoms with Gasteiger partial charge in [0, 0.05) is 19.3 Å². The van der Waals surface area contributed by atoms with Crippen LogP contribution in [0.1, 0.15) is 12.6 Å². The number of nitrogens with zero attached hydrogens (tertiary/aromatic N) is 1. The van der Waals surface area contributed by atoms with Gasteiger partial charge in [-0.25, -0.2) is 0 Å². The third-order valence-electron chi connectivity index (χ3n) is 3.27. The van der Waals surface area contributed by atoms with Crippen LogP contribution in [0, 0.1) is 0 Å². The van der Waals surface area contributed by atoms with E-state index in [1.807, 2.05) is 14.0 Å². The van der Waals surface area contributed by atoms with Crippen molar-refractivity contribution in [2.75, 3.05) is 11.9 Å². The summed E-state index contributed by atoms with van der Waals surface area (Å²) in [6, 6.07) is 6.33. The number of pyridine rings is 1. The van der Waals surface area contributed by atoms with Crippen molar-refractivity contribution < 1.29 is 9.53 Å². The molecule has 0 bridgehead atoms. The summed E-state index contributed by atoms with van der Waals surface area (Å²) >= 11 is 11.9. The number of carbonyl (C=O) groups is 1. The Bertz CT molecular complexity index is 787.